The molecule has 0 aromatic carbocycles. The van der Waals surface area contributed by atoms with Gasteiger partial charge < -0.3 is 15.8 Å². The quantitative estimate of drug-likeness (QED) is 0.563. The fourth-order valence-electron chi connectivity index (χ4n) is 10.9. The molecular weight excluding hydrogens is 406 g/mol. The Labute approximate surface area is 202 Å². The van der Waals surface area contributed by atoms with E-state index in [1.165, 1.54) is 64.2 Å². The number of hydrogen-bond acceptors (Lipinski definition) is 4. The van der Waals surface area contributed by atoms with Gasteiger partial charge in [0.1, 0.15) is 5.72 Å². The molecule has 2 heterocycles. The topological polar surface area (TPSA) is 59.3 Å². The van der Waals surface area contributed by atoms with E-state index in [-0.39, 0.29) is 5.72 Å². The van der Waals surface area contributed by atoms with Crippen molar-refractivity contribution in [2.24, 2.45) is 58.0 Å². The average Bonchev–Trinajstić information content (AvgIpc) is 3.24. The number of piperidine rings is 1. The van der Waals surface area contributed by atoms with Crippen LogP contribution in [0.5, 0.6) is 0 Å². The lowest BCUT2D eigenvalue weighted by Gasteiger charge is -2.61. The van der Waals surface area contributed by atoms with Gasteiger partial charge in [0, 0.05) is 31.6 Å². The lowest BCUT2D eigenvalue weighted by molar-refractivity contribution is -0.134. The summed E-state index contributed by atoms with van der Waals surface area (Å²) >= 11 is 0. The van der Waals surface area contributed by atoms with E-state index in [1.807, 2.05) is 0 Å². The van der Waals surface area contributed by atoms with Crippen molar-refractivity contribution in [3.05, 3.63) is 0 Å². The Hall–Kier alpha value is -0.160. The van der Waals surface area contributed by atoms with Gasteiger partial charge in [-0.25, -0.2) is 0 Å². The fourth-order valence-corrected chi connectivity index (χ4v) is 10.9. The average molecular weight is 458 g/mol. The lowest BCUT2D eigenvalue weighted by atomic mass is 9.44. The van der Waals surface area contributed by atoms with Crippen LogP contribution in [0.4, 0.5) is 0 Å². The molecule has 33 heavy (non-hydrogen) atoms. The highest BCUT2D eigenvalue weighted by molar-refractivity contribution is 5.16. The summed E-state index contributed by atoms with van der Waals surface area (Å²) in [5, 5.41) is 7.67. The zero-order chi connectivity index (χ0) is 23.0. The molecule has 2 aliphatic heterocycles. The molecule has 6 rings (SSSR count). The fraction of sp³-hybridized carbons (Fsp3) is 1.00. The minimum Gasteiger partial charge on any atom is -0.357 e. The van der Waals surface area contributed by atoms with Gasteiger partial charge >= 0.3 is 0 Å². The first kappa shape index (κ1) is 23.3. The number of hydrogen-bond donors (Lipinski definition) is 3. The highest BCUT2D eigenvalue weighted by atomic mass is 16.5. The minimum atomic E-state index is -0.0226. The monoisotopic (exact) mass is 457 g/mol. The molecular formula is C29H51N3O. The van der Waals surface area contributed by atoms with E-state index in [1.54, 1.807) is 0 Å². The number of rotatable bonds is 3. The van der Waals surface area contributed by atoms with Crippen LogP contribution < -0.4 is 16.4 Å². The molecule has 188 valence electrons. The maximum absolute atomic E-state index is 7.07. The molecule has 2 unspecified atom stereocenters. The van der Waals surface area contributed by atoms with Crippen molar-refractivity contribution in [1.29, 1.82) is 0 Å². The molecule has 1 spiro atoms. The maximum Gasteiger partial charge on any atom is 0.122 e. The number of nitrogens with two attached hydrogens (primary N) is 1. The van der Waals surface area contributed by atoms with Gasteiger partial charge in [0.2, 0.25) is 0 Å². The minimum absolute atomic E-state index is 0.0226. The third kappa shape index (κ3) is 3.36. The molecule has 2 saturated heterocycles. The summed E-state index contributed by atoms with van der Waals surface area (Å²) in [5.74, 6) is 5.89. The predicted molar refractivity (Wildman–Crippen MR) is 135 cm³/mol. The van der Waals surface area contributed by atoms with E-state index >= 15 is 0 Å². The van der Waals surface area contributed by atoms with Crippen LogP contribution in [0, 0.1) is 52.3 Å². The first-order valence-electron chi connectivity index (χ1n) is 14.7. The highest BCUT2D eigenvalue weighted by Crippen LogP contribution is 2.71. The Bertz CT molecular complexity index is 734. The first-order chi connectivity index (χ1) is 15.8. The number of nitrogens with one attached hydrogen (secondary N) is 2. The van der Waals surface area contributed by atoms with E-state index in [4.69, 9.17) is 10.5 Å². The van der Waals surface area contributed by atoms with Crippen molar-refractivity contribution in [2.45, 2.75) is 110 Å². The van der Waals surface area contributed by atoms with Crippen LogP contribution in [0.2, 0.25) is 0 Å². The molecule has 6 fully saturated rings. The summed E-state index contributed by atoms with van der Waals surface area (Å²) in [7, 11) is 0. The van der Waals surface area contributed by atoms with Crippen LogP contribution in [0.1, 0.15) is 91.9 Å². The Morgan fingerprint density at radius 3 is 2.52 bits per heavy atom. The van der Waals surface area contributed by atoms with Crippen LogP contribution in [0.3, 0.4) is 0 Å². The van der Waals surface area contributed by atoms with Gasteiger partial charge in [-0.15, -0.1) is 0 Å². The van der Waals surface area contributed by atoms with Crippen molar-refractivity contribution >= 4 is 0 Å². The highest BCUT2D eigenvalue weighted by Gasteiger charge is 2.68. The van der Waals surface area contributed by atoms with E-state index in [0.717, 1.165) is 55.1 Å². The van der Waals surface area contributed by atoms with E-state index < -0.39 is 0 Å². The summed E-state index contributed by atoms with van der Waals surface area (Å²) in [6, 6.07) is 0.707. The molecule has 4 nitrogen and oxygen atoms in total. The van der Waals surface area contributed by atoms with E-state index in [0.29, 0.717) is 28.9 Å². The molecule has 4 heteroatoms. The number of ether oxygens (including phenoxy) is 1. The van der Waals surface area contributed by atoms with Crippen LogP contribution >= 0.6 is 0 Å². The van der Waals surface area contributed by atoms with Gasteiger partial charge in [0.15, 0.2) is 0 Å². The van der Waals surface area contributed by atoms with E-state index in [9.17, 15) is 0 Å². The Morgan fingerprint density at radius 1 is 0.939 bits per heavy atom. The van der Waals surface area contributed by atoms with Crippen molar-refractivity contribution < 1.29 is 4.74 Å². The molecule has 0 amide bonds. The molecule has 12 atom stereocenters. The summed E-state index contributed by atoms with van der Waals surface area (Å²) < 4.78 is 7.07. The Balaban J connectivity index is 1.19. The first-order valence-corrected chi connectivity index (χ1v) is 14.7. The number of fused-ring (bicyclic) bond motifs is 7. The van der Waals surface area contributed by atoms with Gasteiger partial charge in [-0.2, -0.15) is 0 Å². The SMILES string of the molecule is C[C@H]1CC[C@]2(NC1)O[C@H]1C[C@H]3[C@@H]4CC[C@H]5CC(NCCN)CC[C@]5(C)[C@H]4CC[C@]3(C)C1[C@@H]2C. The summed E-state index contributed by atoms with van der Waals surface area (Å²) in [6.45, 7) is 13.2. The third-order valence-electron chi connectivity index (χ3n) is 12.7. The summed E-state index contributed by atoms with van der Waals surface area (Å²) in [6.07, 6.45) is 14.4. The van der Waals surface area contributed by atoms with Crippen LogP contribution in [-0.2, 0) is 4.74 Å². The van der Waals surface area contributed by atoms with Gasteiger partial charge in [-0.05, 0) is 111 Å². The predicted octanol–water partition coefficient (Wildman–Crippen LogP) is 4.92. The smallest absolute Gasteiger partial charge is 0.122 e. The van der Waals surface area contributed by atoms with Gasteiger partial charge in [0.05, 0.1) is 6.10 Å². The molecule has 0 aromatic rings. The van der Waals surface area contributed by atoms with Crippen molar-refractivity contribution in [1.82, 2.24) is 10.6 Å². The molecule has 4 saturated carbocycles. The molecule has 0 aromatic heterocycles. The zero-order valence-electron chi connectivity index (χ0n) is 21.9. The van der Waals surface area contributed by atoms with Gasteiger partial charge in [-0.1, -0.05) is 27.7 Å². The van der Waals surface area contributed by atoms with Crippen LogP contribution in [0.15, 0.2) is 0 Å². The maximum atomic E-state index is 7.07. The largest absolute Gasteiger partial charge is 0.357 e. The van der Waals surface area contributed by atoms with Gasteiger partial charge in [-0.3, -0.25) is 5.32 Å². The second-order valence-electron chi connectivity index (χ2n) is 14.0. The molecule has 0 bridgehead atoms. The van der Waals surface area contributed by atoms with Crippen LogP contribution in [-0.4, -0.2) is 37.5 Å². The Kier molecular flexibility index (Phi) is 5.76. The zero-order valence-corrected chi connectivity index (χ0v) is 21.9. The van der Waals surface area contributed by atoms with Gasteiger partial charge in [0.25, 0.3) is 0 Å². The normalized spacial score (nSPS) is 57.9. The third-order valence-corrected chi connectivity index (χ3v) is 12.7. The van der Waals surface area contributed by atoms with Crippen molar-refractivity contribution in [2.75, 3.05) is 19.6 Å². The standard InChI is InChI=1S/C29H51N3O/c1-18-7-12-29(32-17-18)19(2)26-25(33-29)16-24-22-6-5-20-15-21(31-14-13-30)8-10-27(20,3)23(22)9-11-28(24,26)4/h18-26,31-32H,5-17,30H2,1-4H3/t18-,19-,20-,21?,22+,23-,24-,25-,26?,27-,28-,29-/m0/s1. The Morgan fingerprint density at radius 2 is 1.76 bits per heavy atom. The van der Waals surface area contributed by atoms with Crippen LogP contribution in [0.25, 0.3) is 0 Å². The molecule has 4 N–H and O–H groups in total. The van der Waals surface area contributed by atoms with Crippen molar-refractivity contribution in [3.8, 4) is 0 Å². The summed E-state index contributed by atoms with van der Waals surface area (Å²) in [4.78, 5) is 0. The molecule has 0 radical (unpaired) electrons. The molecule has 6 aliphatic rings. The molecule has 4 aliphatic carbocycles. The van der Waals surface area contributed by atoms with Crippen molar-refractivity contribution in [3.63, 3.8) is 0 Å². The summed E-state index contributed by atoms with van der Waals surface area (Å²) in [5.41, 5.74) is 6.81. The second kappa shape index (κ2) is 8.18. The van der Waals surface area contributed by atoms with E-state index in [2.05, 4.69) is 38.3 Å². The lowest BCUT2D eigenvalue weighted by Crippen LogP contribution is -2.58. The second-order valence-corrected chi connectivity index (χ2v) is 14.0.